The summed E-state index contributed by atoms with van der Waals surface area (Å²) in [5, 5.41) is 13.0. The van der Waals surface area contributed by atoms with Crippen LogP contribution in [0.25, 0.3) is 0 Å². The van der Waals surface area contributed by atoms with E-state index in [4.69, 9.17) is 16.0 Å². The normalized spacial score (nSPS) is 10.2. The van der Waals surface area contributed by atoms with Gasteiger partial charge in [0.2, 0.25) is 0 Å². The Morgan fingerprint density at radius 2 is 2.37 bits per heavy atom. The highest BCUT2D eigenvalue weighted by Gasteiger charge is 2.17. The number of amides is 1. The largest absolute Gasteiger partial charge is 0.467 e. The van der Waals surface area contributed by atoms with E-state index in [-0.39, 0.29) is 22.9 Å². The van der Waals surface area contributed by atoms with E-state index in [0.717, 1.165) is 12.3 Å². The van der Waals surface area contributed by atoms with Gasteiger partial charge in [-0.2, -0.15) is 0 Å². The van der Waals surface area contributed by atoms with E-state index in [2.05, 4.69) is 10.3 Å². The number of carbonyl (C=O) groups excluding carboxylic acids is 1. The first-order chi connectivity index (χ1) is 9.08. The highest BCUT2D eigenvalue weighted by molar-refractivity contribution is 6.32. The Labute approximate surface area is 112 Å². The minimum absolute atomic E-state index is 0.0533. The lowest BCUT2D eigenvalue weighted by Crippen LogP contribution is -2.23. The van der Waals surface area contributed by atoms with E-state index >= 15 is 0 Å². The molecule has 0 aliphatic heterocycles. The summed E-state index contributed by atoms with van der Waals surface area (Å²) >= 11 is 5.74. The lowest BCUT2D eigenvalue weighted by atomic mass is 10.2. The average Bonchev–Trinajstić information content (AvgIpc) is 2.89. The molecule has 0 atom stereocenters. The number of furan rings is 1. The van der Waals surface area contributed by atoms with Crippen molar-refractivity contribution in [3.05, 3.63) is 57.3 Å². The zero-order chi connectivity index (χ0) is 13.8. The van der Waals surface area contributed by atoms with E-state index in [1.807, 2.05) is 0 Å². The predicted octanol–water partition coefficient (Wildman–Crippen LogP) is 2.17. The maximum absolute atomic E-state index is 11.8. The Kier molecular flexibility index (Phi) is 3.76. The van der Waals surface area contributed by atoms with Gasteiger partial charge in [0.25, 0.3) is 11.6 Å². The molecule has 0 bridgehead atoms. The fraction of sp³-hybridized carbons (Fsp3) is 0.0909. The van der Waals surface area contributed by atoms with Gasteiger partial charge >= 0.3 is 0 Å². The summed E-state index contributed by atoms with van der Waals surface area (Å²) in [6.45, 7) is 0.158. The van der Waals surface area contributed by atoms with Crippen LogP contribution in [0.5, 0.6) is 0 Å². The molecule has 0 fully saturated rings. The van der Waals surface area contributed by atoms with Gasteiger partial charge in [-0.1, -0.05) is 11.6 Å². The summed E-state index contributed by atoms with van der Waals surface area (Å²) < 4.78 is 5.04. The molecule has 2 aromatic rings. The van der Waals surface area contributed by atoms with Crippen molar-refractivity contribution in [2.75, 3.05) is 0 Å². The monoisotopic (exact) mass is 281 g/mol. The molecule has 0 unspecified atom stereocenters. The Hall–Kier alpha value is -2.41. The molecule has 7 nitrogen and oxygen atoms in total. The number of carbonyl (C=O) groups is 1. The number of hydrogen-bond donors (Lipinski definition) is 1. The Balaban J connectivity index is 2.14. The quantitative estimate of drug-likeness (QED) is 0.526. The second-order valence-corrected chi connectivity index (χ2v) is 3.91. The molecule has 0 saturated heterocycles. The van der Waals surface area contributed by atoms with Crippen LogP contribution < -0.4 is 5.32 Å². The highest BCUT2D eigenvalue weighted by Crippen LogP contribution is 2.19. The third-order valence-electron chi connectivity index (χ3n) is 2.28. The molecule has 2 heterocycles. The molecule has 98 valence electrons. The van der Waals surface area contributed by atoms with Gasteiger partial charge in [0.15, 0.2) is 0 Å². The Morgan fingerprint density at radius 3 is 3.00 bits per heavy atom. The number of pyridine rings is 1. The first kappa shape index (κ1) is 13.0. The number of nitrogens with one attached hydrogen (secondary N) is 1. The molecule has 1 N–H and O–H groups in total. The number of halogens is 1. The van der Waals surface area contributed by atoms with Gasteiger partial charge in [-0.15, -0.1) is 0 Å². The Bertz CT molecular complexity index is 612. The Morgan fingerprint density at radius 1 is 1.58 bits per heavy atom. The van der Waals surface area contributed by atoms with Gasteiger partial charge in [-0.25, -0.2) is 4.98 Å². The van der Waals surface area contributed by atoms with Gasteiger partial charge in [0.05, 0.1) is 23.3 Å². The van der Waals surface area contributed by atoms with Crippen molar-refractivity contribution in [1.29, 1.82) is 0 Å². The van der Waals surface area contributed by atoms with E-state index in [1.54, 1.807) is 12.1 Å². The van der Waals surface area contributed by atoms with Crippen molar-refractivity contribution in [3.63, 3.8) is 0 Å². The van der Waals surface area contributed by atoms with Crippen molar-refractivity contribution in [3.8, 4) is 0 Å². The molecule has 0 radical (unpaired) electrons. The minimum atomic E-state index is -0.646. The van der Waals surface area contributed by atoms with Gasteiger partial charge in [0, 0.05) is 6.07 Å². The summed E-state index contributed by atoms with van der Waals surface area (Å²) in [6, 6.07) is 4.45. The molecular formula is C11H8ClN3O4. The molecule has 2 rings (SSSR count). The molecule has 0 aliphatic carbocycles. The number of aromatic nitrogens is 1. The minimum Gasteiger partial charge on any atom is -0.467 e. The molecule has 2 aromatic heterocycles. The fourth-order valence-corrected chi connectivity index (χ4v) is 1.56. The van der Waals surface area contributed by atoms with Crippen LogP contribution in [0.1, 0.15) is 16.1 Å². The molecular weight excluding hydrogens is 274 g/mol. The number of rotatable bonds is 4. The van der Waals surface area contributed by atoms with Crippen LogP contribution in [-0.4, -0.2) is 15.8 Å². The third-order valence-corrected chi connectivity index (χ3v) is 2.58. The van der Waals surface area contributed by atoms with Crippen molar-refractivity contribution in [2.24, 2.45) is 0 Å². The van der Waals surface area contributed by atoms with Crippen molar-refractivity contribution in [2.45, 2.75) is 6.54 Å². The molecule has 0 aromatic carbocycles. The van der Waals surface area contributed by atoms with Gasteiger partial charge in [0.1, 0.15) is 17.1 Å². The number of nitrogens with zero attached hydrogens (tertiary/aromatic N) is 2. The van der Waals surface area contributed by atoms with Crippen LogP contribution in [0, 0.1) is 10.1 Å². The van der Waals surface area contributed by atoms with Crippen molar-refractivity contribution >= 4 is 23.2 Å². The van der Waals surface area contributed by atoms with E-state index in [9.17, 15) is 14.9 Å². The molecule has 8 heteroatoms. The van der Waals surface area contributed by atoms with Gasteiger partial charge in [-0.3, -0.25) is 14.9 Å². The van der Waals surface area contributed by atoms with Crippen LogP contribution in [0.4, 0.5) is 5.69 Å². The van der Waals surface area contributed by atoms with E-state index < -0.39 is 10.8 Å². The standard InChI is InChI=1S/C11H8ClN3O4/c12-10-9(4-7(5-13-10)15(17)18)11(16)14-6-8-2-1-3-19-8/h1-5H,6H2,(H,14,16). The summed E-state index contributed by atoms with van der Waals surface area (Å²) in [4.78, 5) is 25.4. The lowest BCUT2D eigenvalue weighted by Gasteiger charge is -2.04. The molecule has 19 heavy (non-hydrogen) atoms. The zero-order valence-electron chi connectivity index (χ0n) is 9.50. The smallest absolute Gasteiger partial charge is 0.288 e. The van der Waals surface area contributed by atoms with E-state index in [1.165, 1.54) is 6.26 Å². The molecule has 0 spiro atoms. The summed E-state index contributed by atoms with van der Waals surface area (Å²) in [6.07, 6.45) is 2.47. The van der Waals surface area contributed by atoms with Crippen LogP contribution >= 0.6 is 11.6 Å². The third kappa shape index (κ3) is 3.08. The number of hydrogen-bond acceptors (Lipinski definition) is 5. The van der Waals surface area contributed by atoms with E-state index in [0.29, 0.717) is 5.76 Å². The highest BCUT2D eigenvalue weighted by atomic mass is 35.5. The lowest BCUT2D eigenvalue weighted by molar-refractivity contribution is -0.385. The molecule has 0 aliphatic rings. The molecule has 0 saturated carbocycles. The maximum atomic E-state index is 11.8. The molecule has 1 amide bonds. The first-order valence-corrected chi connectivity index (χ1v) is 5.56. The SMILES string of the molecule is O=C(NCc1ccco1)c1cc([N+](=O)[O-])cnc1Cl. The van der Waals surface area contributed by atoms with Crippen LogP contribution in [0.3, 0.4) is 0 Å². The van der Waals surface area contributed by atoms with Crippen LogP contribution in [-0.2, 0) is 6.54 Å². The fourth-order valence-electron chi connectivity index (χ4n) is 1.37. The summed E-state index contributed by atoms with van der Waals surface area (Å²) in [5.41, 5.74) is -0.352. The second kappa shape index (κ2) is 5.49. The second-order valence-electron chi connectivity index (χ2n) is 3.55. The van der Waals surface area contributed by atoms with Gasteiger partial charge in [-0.05, 0) is 12.1 Å². The number of nitro groups is 1. The van der Waals surface area contributed by atoms with Crippen molar-refractivity contribution < 1.29 is 14.1 Å². The van der Waals surface area contributed by atoms with Crippen LogP contribution in [0.15, 0.2) is 35.1 Å². The summed E-state index contributed by atoms with van der Waals surface area (Å²) in [5.74, 6) is 0.000428. The summed E-state index contributed by atoms with van der Waals surface area (Å²) in [7, 11) is 0. The topological polar surface area (TPSA) is 98.3 Å². The first-order valence-electron chi connectivity index (χ1n) is 5.18. The van der Waals surface area contributed by atoms with Crippen molar-refractivity contribution in [1.82, 2.24) is 10.3 Å². The average molecular weight is 282 g/mol. The predicted molar refractivity (Wildman–Crippen MR) is 65.8 cm³/mol. The van der Waals surface area contributed by atoms with Crippen LogP contribution in [0.2, 0.25) is 5.15 Å². The zero-order valence-corrected chi connectivity index (χ0v) is 10.3. The van der Waals surface area contributed by atoms with Gasteiger partial charge < -0.3 is 9.73 Å². The maximum Gasteiger partial charge on any atom is 0.288 e.